The first-order valence-corrected chi connectivity index (χ1v) is 7.82. The summed E-state index contributed by atoms with van der Waals surface area (Å²) in [6.45, 7) is 0.130. The smallest absolute Gasteiger partial charge is 0.111 e. The Morgan fingerprint density at radius 2 is 1.71 bits per heavy atom. The minimum Gasteiger partial charge on any atom is -0.394 e. The van der Waals surface area contributed by atoms with Crippen LogP contribution in [0.1, 0.15) is 11.3 Å². The molecule has 130 valence electrons. The molecule has 0 unspecified atom stereocenters. The maximum absolute atomic E-state index is 10.1. The van der Waals surface area contributed by atoms with Crippen LogP contribution >= 0.6 is 0 Å². The van der Waals surface area contributed by atoms with Gasteiger partial charge in [-0.2, -0.15) is 0 Å². The molecule has 0 spiro atoms. The van der Waals surface area contributed by atoms with E-state index < -0.39 is 37.1 Å². The second-order valence-electron chi connectivity index (χ2n) is 5.96. The lowest BCUT2D eigenvalue weighted by Crippen LogP contribution is -2.59. The fourth-order valence-electron chi connectivity index (χ4n) is 2.83. The van der Waals surface area contributed by atoms with Gasteiger partial charge in [0.1, 0.15) is 24.4 Å². The van der Waals surface area contributed by atoms with E-state index >= 15 is 0 Å². The minimum atomic E-state index is -1.37. The molecule has 0 aliphatic carbocycles. The van der Waals surface area contributed by atoms with Gasteiger partial charge in [-0.1, -0.05) is 35.5 Å². The zero-order valence-corrected chi connectivity index (χ0v) is 13.0. The fourth-order valence-corrected chi connectivity index (χ4v) is 2.83. The molecule has 8 nitrogen and oxygen atoms in total. The van der Waals surface area contributed by atoms with E-state index in [0.29, 0.717) is 12.2 Å². The number of nitrogens with zero attached hydrogens (tertiary/aromatic N) is 3. The zero-order valence-electron chi connectivity index (χ0n) is 13.0. The number of rotatable bonds is 5. The molecular formula is C16H21N3O5. The van der Waals surface area contributed by atoms with Crippen LogP contribution in [-0.2, 0) is 17.7 Å². The quantitative estimate of drug-likeness (QED) is 0.536. The molecule has 2 heterocycles. The van der Waals surface area contributed by atoms with Crippen LogP contribution in [0.15, 0.2) is 36.5 Å². The van der Waals surface area contributed by atoms with E-state index in [1.807, 2.05) is 30.3 Å². The van der Waals surface area contributed by atoms with Crippen LogP contribution in [0.5, 0.6) is 0 Å². The van der Waals surface area contributed by atoms with Crippen LogP contribution in [0.2, 0.25) is 0 Å². The van der Waals surface area contributed by atoms with Gasteiger partial charge in [0, 0.05) is 12.6 Å². The van der Waals surface area contributed by atoms with Gasteiger partial charge in [0.2, 0.25) is 0 Å². The first kappa shape index (κ1) is 17.0. The Hall–Kier alpha value is -1.84. The van der Waals surface area contributed by atoms with Crippen LogP contribution in [0.3, 0.4) is 0 Å². The van der Waals surface area contributed by atoms with E-state index in [4.69, 9.17) is 4.74 Å². The fraction of sp³-hybridized carbons (Fsp3) is 0.500. The van der Waals surface area contributed by atoms with Crippen LogP contribution in [0.4, 0.5) is 0 Å². The van der Waals surface area contributed by atoms with E-state index in [1.54, 1.807) is 10.9 Å². The van der Waals surface area contributed by atoms with Crippen LogP contribution in [-0.4, -0.2) is 72.5 Å². The Bertz CT molecular complexity index is 648. The van der Waals surface area contributed by atoms with E-state index in [0.717, 1.165) is 5.56 Å². The highest BCUT2D eigenvalue weighted by Crippen LogP contribution is 2.23. The van der Waals surface area contributed by atoms with Gasteiger partial charge in [-0.3, -0.25) is 0 Å². The SMILES string of the molecule is OC[C@H]1O[C@@H](Cc2cn(Cc3ccccc3)nn2)[C@H](O)[C@@H](O)[C@@H]1O. The highest BCUT2D eigenvalue weighted by atomic mass is 16.5. The largest absolute Gasteiger partial charge is 0.394 e. The summed E-state index contributed by atoms with van der Waals surface area (Å²) in [5.41, 5.74) is 1.68. The second kappa shape index (κ2) is 7.37. The van der Waals surface area contributed by atoms with Gasteiger partial charge in [-0.05, 0) is 5.56 Å². The molecule has 5 atom stereocenters. The van der Waals surface area contributed by atoms with Gasteiger partial charge in [0.15, 0.2) is 0 Å². The third kappa shape index (κ3) is 3.63. The lowest BCUT2D eigenvalue weighted by molar-refractivity contribution is -0.228. The van der Waals surface area contributed by atoms with Gasteiger partial charge in [0.05, 0.1) is 24.9 Å². The predicted octanol–water partition coefficient (Wildman–Crippen LogP) is -1.29. The lowest BCUT2D eigenvalue weighted by Gasteiger charge is -2.39. The first-order chi connectivity index (χ1) is 11.6. The molecular weight excluding hydrogens is 314 g/mol. The van der Waals surface area contributed by atoms with Crippen molar-refractivity contribution in [1.29, 1.82) is 0 Å². The molecule has 1 aromatic heterocycles. The molecule has 1 aliphatic rings. The van der Waals surface area contributed by atoms with Crippen molar-refractivity contribution in [2.75, 3.05) is 6.61 Å². The molecule has 2 aromatic rings. The average molecular weight is 335 g/mol. The first-order valence-electron chi connectivity index (χ1n) is 7.82. The van der Waals surface area contributed by atoms with Crippen molar-refractivity contribution in [3.05, 3.63) is 47.8 Å². The Morgan fingerprint density at radius 1 is 1.00 bits per heavy atom. The molecule has 1 aromatic carbocycles. The number of benzene rings is 1. The van der Waals surface area contributed by atoms with Gasteiger partial charge in [-0.15, -0.1) is 5.10 Å². The van der Waals surface area contributed by atoms with Crippen molar-refractivity contribution in [2.45, 2.75) is 43.5 Å². The van der Waals surface area contributed by atoms with E-state index in [1.165, 1.54) is 0 Å². The molecule has 24 heavy (non-hydrogen) atoms. The van der Waals surface area contributed by atoms with Crippen LogP contribution < -0.4 is 0 Å². The van der Waals surface area contributed by atoms with E-state index in [-0.39, 0.29) is 6.42 Å². The standard InChI is InChI=1S/C16H21N3O5/c20-9-13-15(22)16(23)14(21)12(24-13)6-11-8-19(18-17-11)7-10-4-2-1-3-5-10/h1-5,8,12-16,20-23H,6-7,9H2/t12-,13+,14-,15+,16+/m0/s1. The van der Waals surface area contributed by atoms with Crippen molar-refractivity contribution in [1.82, 2.24) is 15.0 Å². The normalized spacial score (nSPS) is 30.4. The summed E-state index contributed by atoms with van der Waals surface area (Å²) in [5.74, 6) is 0. The number of hydrogen-bond acceptors (Lipinski definition) is 7. The molecule has 0 radical (unpaired) electrons. The number of hydrogen-bond donors (Lipinski definition) is 4. The summed E-state index contributed by atoms with van der Waals surface area (Å²) < 4.78 is 7.15. The molecule has 1 fully saturated rings. The molecule has 0 saturated carbocycles. The summed E-state index contributed by atoms with van der Waals surface area (Å²) in [6, 6.07) is 9.80. The Balaban J connectivity index is 1.65. The number of aliphatic hydroxyl groups is 4. The van der Waals surface area contributed by atoms with Gasteiger partial charge in [-0.25, -0.2) is 4.68 Å². The van der Waals surface area contributed by atoms with Crippen molar-refractivity contribution in [3.8, 4) is 0 Å². The lowest BCUT2D eigenvalue weighted by atomic mass is 9.93. The van der Waals surface area contributed by atoms with E-state index in [9.17, 15) is 20.4 Å². The van der Waals surface area contributed by atoms with Crippen molar-refractivity contribution in [3.63, 3.8) is 0 Å². The van der Waals surface area contributed by atoms with Crippen LogP contribution in [0.25, 0.3) is 0 Å². The summed E-state index contributed by atoms with van der Waals surface area (Å²) in [5, 5.41) is 47.0. The highest BCUT2D eigenvalue weighted by Gasteiger charge is 2.43. The number of aromatic nitrogens is 3. The third-order valence-electron chi connectivity index (χ3n) is 4.18. The van der Waals surface area contributed by atoms with Gasteiger partial charge < -0.3 is 25.2 Å². The molecule has 1 saturated heterocycles. The Labute approximate surface area is 138 Å². The van der Waals surface area contributed by atoms with Crippen molar-refractivity contribution in [2.24, 2.45) is 0 Å². The molecule has 3 rings (SSSR count). The van der Waals surface area contributed by atoms with Crippen molar-refractivity contribution < 1.29 is 25.2 Å². The molecule has 0 amide bonds. The monoisotopic (exact) mass is 335 g/mol. The van der Waals surface area contributed by atoms with Gasteiger partial charge in [0.25, 0.3) is 0 Å². The Morgan fingerprint density at radius 3 is 2.42 bits per heavy atom. The second-order valence-corrected chi connectivity index (χ2v) is 5.96. The molecule has 4 N–H and O–H groups in total. The van der Waals surface area contributed by atoms with E-state index in [2.05, 4.69) is 10.3 Å². The average Bonchev–Trinajstić information content (AvgIpc) is 3.03. The molecule has 1 aliphatic heterocycles. The third-order valence-corrected chi connectivity index (χ3v) is 4.18. The predicted molar refractivity (Wildman–Crippen MR) is 83.0 cm³/mol. The van der Waals surface area contributed by atoms with Gasteiger partial charge >= 0.3 is 0 Å². The minimum absolute atomic E-state index is 0.218. The number of aliphatic hydroxyl groups excluding tert-OH is 4. The Kier molecular flexibility index (Phi) is 5.22. The van der Waals surface area contributed by atoms with Crippen molar-refractivity contribution >= 4 is 0 Å². The van der Waals surface area contributed by atoms with Crippen LogP contribution in [0, 0.1) is 0 Å². The topological polar surface area (TPSA) is 121 Å². The maximum atomic E-state index is 10.1. The number of ether oxygens (including phenoxy) is 1. The summed E-state index contributed by atoms with van der Waals surface area (Å²) in [4.78, 5) is 0. The molecule has 0 bridgehead atoms. The molecule has 8 heteroatoms. The summed E-state index contributed by atoms with van der Waals surface area (Å²) in [7, 11) is 0. The highest BCUT2D eigenvalue weighted by molar-refractivity contribution is 5.15. The maximum Gasteiger partial charge on any atom is 0.111 e. The summed E-state index contributed by atoms with van der Waals surface area (Å²) >= 11 is 0. The zero-order chi connectivity index (χ0) is 17.1. The summed E-state index contributed by atoms with van der Waals surface area (Å²) in [6.07, 6.45) is -3.71.